The van der Waals surface area contributed by atoms with Crippen LogP contribution in [-0.4, -0.2) is 44.8 Å². The zero-order valence-corrected chi connectivity index (χ0v) is 22.0. The van der Waals surface area contributed by atoms with Gasteiger partial charge in [0.25, 0.3) is 10.0 Å². The average molecular weight is 566 g/mol. The molecule has 0 aliphatic carbocycles. The van der Waals surface area contributed by atoms with E-state index in [1.165, 1.54) is 55.6 Å². The fourth-order valence-electron chi connectivity index (χ4n) is 3.96. The van der Waals surface area contributed by atoms with Crippen molar-refractivity contribution in [2.45, 2.75) is 37.0 Å². The third kappa shape index (κ3) is 7.14. The predicted octanol–water partition coefficient (Wildman–Crippen LogP) is 4.59. The van der Waals surface area contributed by atoms with Gasteiger partial charge in [0.15, 0.2) is 0 Å². The number of sulfonamides is 1. The van der Waals surface area contributed by atoms with Crippen molar-refractivity contribution in [3.05, 3.63) is 95.8 Å². The number of alkyl halides is 3. The van der Waals surface area contributed by atoms with Gasteiger partial charge in [0.1, 0.15) is 18.4 Å². The minimum Gasteiger partial charge on any atom is -0.357 e. The number of likely N-dealkylation sites (N-methyl/N-ethyl adjacent to an activating group) is 1. The van der Waals surface area contributed by atoms with Gasteiger partial charge in [0.05, 0.1) is 16.1 Å². The van der Waals surface area contributed by atoms with Crippen LogP contribution in [-0.2, 0) is 32.3 Å². The largest absolute Gasteiger partial charge is 0.416 e. The second kappa shape index (κ2) is 12.3. The van der Waals surface area contributed by atoms with E-state index in [1.54, 1.807) is 13.0 Å². The van der Waals surface area contributed by atoms with Crippen molar-refractivity contribution in [2.24, 2.45) is 0 Å². The lowest BCUT2D eigenvalue weighted by Gasteiger charge is -2.33. The van der Waals surface area contributed by atoms with Crippen LogP contribution in [0.15, 0.2) is 83.8 Å². The van der Waals surface area contributed by atoms with E-state index in [1.807, 2.05) is 0 Å². The molecule has 0 saturated heterocycles. The molecule has 3 aromatic carbocycles. The molecule has 0 aliphatic rings. The van der Waals surface area contributed by atoms with E-state index in [0.29, 0.717) is 15.9 Å². The molecule has 208 valence electrons. The predicted molar refractivity (Wildman–Crippen MR) is 138 cm³/mol. The van der Waals surface area contributed by atoms with Crippen molar-refractivity contribution < 1.29 is 35.6 Å². The maximum atomic E-state index is 13.7. The van der Waals surface area contributed by atoms with Crippen molar-refractivity contribution >= 4 is 27.5 Å². The van der Waals surface area contributed by atoms with Gasteiger partial charge in [-0.15, -0.1) is 0 Å². The highest BCUT2D eigenvalue weighted by Gasteiger charge is 2.35. The number of nitrogens with zero attached hydrogens (tertiary/aromatic N) is 2. The monoisotopic (exact) mass is 565 g/mol. The molecule has 0 aromatic heterocycles. The molecule has 3 rings (SSSR count). The second-order valence-corrected chi connectivity index (χ2v) is 10.4. The molecular weight excluding hydrogens is 538 g/mol. The van der Waals surface area contributed by atoms with Crippen LogP contribution in [0.1, 0.15) is 24.5 Å². The Balaban J connectivity index is 2.10. The van der Waals surface area contributed by atoms with Crippen LogP contribution < -0.4 is 9.62 Å². The van der Waals surface area contributed by atoms with Crippen molar-refractivity contribution in [3.63, 3.8) is 0 Å². The summed E-state index contributed by atoms with van der Waals surface area (Å²) in [6, 6.07) is 14.8. The Bertz CT molecular complexity index is 1400. The lowest BCUT2D eigenvalue weighted by Crippen LogP contribution is -2.51. The number of rotatable bonds is 10. The number of benzene rings is 3. The normalized spacial score (nSPS) is 12.5. The summed E-state index contributed by atoms with van der Waals surface area (Å²) in [6.07, 6.45) is -4.61. The second-order valence-electron chi connectivity index (χ2n) is 8.56. The molecule has 1 atom stereocenters. The molecular formula is C27H27F4N3O4S. The van der Waals surface area contributed by atoms with Crippen molar-refractivity contribution in [3.8, 4) is 0 Å². The first-order valence-corrected chi connectivity index (χ1v) is 13.3. The van der Waals surface area contributed by atoms with Crippen LogP contribution in [0.4, 0.5) is 23.2 Å². The lowest BCUT2D eigenvalue weighted by molar-refractivity contribution is -0.140. The molecule has 39 heavy (non-hydrogen) atoms. The van der Waals surface area contributed by atoms with Crippen LogP contribution in [0, 0.1) is 5.82 Å². The van der Waals surface area contributed by atoms with Gasteiger partial charge in [0, 0.05) is 13.6 Å². The Morgan fingerprint density at radius 2 is 1.59 bits per heavy atom. The molecule has 0 radical (unpaired) electrons. The van der Waals surface area contributed by atoms with E-state index in [2.05, 4.69) is 5.32 Å². The molecule has 3 aromatic rings. The highest BCUT2D eigenvalue weighted by Crippen LogP contribution is 2.33. The van der Waals surface area contributed by atoms with Gasteiger partial charge in [-0.3, -0.25) is 13.9 Å². The highest BCUT2D eigenvalue weighted by molar-refractivity contribution is 7.92. The zero-order valence-electron chi connectivity index (χ0n) is 21.2. The Morgan fingerprint density at radius 3 is 2.15 bits per heavy atom. The molecule has 1 N–H and O–H groups in total. The molecule has 0 spiro atoms. The standard InChI is InChI=1S/C27H27F4N3O4S/c1-3-24(26(36)32-2)33(17-19-12-14-21(28)15-13-19)25(35)18-34(39(37,38)23-10-5-4-6-11-23)22-9-7-8-20(16-22)27(29,30)31/h4-16,24H,3,17-18H2,1-2H3,(H,32,36). The van der Waals surface area contributed by atoms with Gasteiger partial charge >= 0.3 is 6.18 Å². The van der Waals surface area contributed by atoms with E-state index in [-0.39, 0.29) is 23.5 Å². The fraction of sp³-hybridized carbons (Fsp3) is 0.259. The van der Waals surface area contributed by atoms with Crippen molar-refractivity contribution in [1.82, 2.24) is 10.2 Å². The van der Waals surface area contributed by atoms with E-state index < -0.39 is 52.0 Å². The number of hydrogen-bond donors (Lipinski definition) is 1. The Labute approximate surface area is 224 Å². The van der Waals surface area contributed by atoms with Gasteiger partial charge < -0.3 is 10.2 Å². The zero-order chi connectivity index (χ0) is 28.8. The summed E-state index contributed by atoms with van der Waals surface area (Å²) in [4.78, 5) is 27.3. The number of halogens is 4. The maximum absolute atomic E-state index is 13.7. The van der Waals surface area contributed by atoms with Crippen LogP contribution in [0.5, 0.6) is 0 Å². The highest BCUT2D eigenvalue weighted by atomic mass is 32.2. The van der Waals surface area contributed by atoms with E-state index in [9.17, 15) is 35.6 Å². The van der Waals surface area contributed by atoms with Crippen LogP contribution >= 0.6 is 0 Å². The van der Waals surface area contributed by atoms with E-state index >= 15 is 0 Å². The van der Waals surface area contributed by atoms with Crippen molar-refractivity contribution in [2.75, 3.05) is 17.9 Å². The molecule has 7 nitrogen and oxygen atoms in total. The molecule has 2 amide bonds. The van der Waals surface area contributed by atoms with Crippen LogP contribution in [0.25, 0.3) is 0 Å². The first-order chi connectivity index (χ1) is 18.4. The number of nitrogens with one attached hydrogen (secondary N) is 1. The maximum Gasteiger partial charge on any atom is 0.416 e. The number of anilines is 1. The minimum absolute atomic E-state index is 0.154. The van der Waals surface area contributed by atoms with Gasteiger partial charge in [-0.1, -0.05) is 43.3 Å². The number of hydrogen-bond acceptors (Lipinski definition) is 4. The average Bonchev–Trinajstić information content (AvgIpc) is 2.92. The van der Waals surface area contributed by atoms with Crippen molar-refractivity contribution in [1.29, 1.82) is 0 Å². The van der Waals surface area contributed by atoms with Gasteiger partial charge in [-0.05, 0) is 54.4 Å². The summed E-state index contributed by atoms with van der Waals surface area (Å²) in [5.74, 6) is -1.88. The molecule has 0 fully saturated rings. The molecule has 0 aliphatic heterocycles. The minimum atomic E-state index is -4.76. The lowest BCUT2D eigenvalue weighted by atomic mass is 10.1. The Hall–Kier alpha value is -3.93. The quantitative estimate of drug-likeness (QED) is 0.365. The first-order valence-electron chi connectivity index (χ1n) is 11.9. The topological polar surface area (TPSA) is 86.8 Å². The molecule has 0 saturated carbocycles. The van der Waals surface area contributed by atoms with Crippen LogP contribution in [0.2, 0.25) is 0 Å². The molecule has 0 heterocycles. The summed E-state index contributed by atoms with van der Waals surface area (Å²) in [7, 11) is -3.14. The third-order valence-electron chi connectivity index (χ3n) is 5.97. The number of carbonyl (C=O) groups is 2. The smallest absolute Gasteiger partial charge is 0.357 e. The third-order valence-corrected chi connectivity index (χ3v) is 7.76. The van der Waals surface area contributed by atoms with Crippen LogP contribution in [0.3, 0.4) is 0 Å². The summed E-state index contributed by atoms with van der Waals surface area (Å²) in [6.45, 7) is 0.580. The molecule has 12 heteroatoms. The number of carbonyl (C=O) groups excluding carboxylic acids is 2. The fourth-order valence-corrected chi connectivity index (χ4v) is 5.39. The molecule has 0 bridgehead atoms. The molecule has 1 unspecified atom stereocenters. The summed E-state index contributed by atoms with van der Waals surface area (Å²) in [5, 5.41) is 2.46. The van der Waals surface area contributed by atoms with E-state index in [0.717, 1.165) is 23.1 Å². The van der Waals surface area contributed by atoms with E-state index in [4.69, 9.17) is 0 Å². The first kappa shape index (κ1) is 29.6. The Morgan fingerprint density at radius 1 is 0.949 bits per heavy atom. The summed E-state index contributed by atoms with van der Waals surface area (Å²) < 4.78 is 81.7. The summed E-state index contributed by atoms with van der Waals surface area (Å²) in [5.41, 5.74) is -1.01. The summed E-state index contributed by atoms with van der Waals surface area (Å²) >= 11 is 0. The number of amides is 2. The van der Waals surface area contributed by atoms with Gasteiger partial charge in [-0.25, -0.2) is 12.8 Å². The Kier molecular flexibility index (Phi) is 9.33. The van der Waals surface area contributed by atoms with Gasteiger partial charge in [-0.2, -0.15) is 13.2 Å². The van der Waals surface area contributed by atoms with Gasteiger partial charge in [0.2, 0.25) is 11.8 Å². The SMILES string of the molecule is CCC(C(=O)NC)N(Cc1ccc(F)cc1)C(=O)CN(c1cccc(C(F)(F)F)c1)S(=O)(=O)c1ccccc1.